The molecule has 2 N–H and O–H groups in total. The van der Waals surface area contributed by atoms with E-state index in [-0.39, 0.29) is 11.9 Å². The summed E-state index contributed by atoms with van der Waals surface area (Å²) in [6, 6.07) is 12.1. The number of unbranched alkanes of at least 4 members (excludes halogenated alkanes) is 1. The van der Waals surface area contributed by atoms with E-state index < -0.39 is 0 Å². The molecule has 0 aliphatic carbocycles. The van der Waals surface area contributed by atoms with Crippen molar-refractivity contribution in [2.24, 2.45) is 0 Å². The molecule has 2 aromatic carbocycles. The molecule has 0 bridgehead atoms. The molecule has 3 amide bonds. The Morgan fingerprint density at radius 2 is 1.96 bits per heavy atom. The number of hydrogen-bond donors (Lipinski definition) is 2. The number of nitrogens with one attached hydrogen (secondary N) is 2. The summed E-state index contributed by atoms with van der Waals surface area (Å²) in [5.41, 5.74) is 1.71. The molecule has 0 aromatic heterocycles. The van der Waals surface area contributed by atoms with Crippen LogP contribution in [0.1, 0.15) is 30.1 Å². The quantitative estimate of drug-likeness (QED) is 0.828. The third-order valence-corrected chi connectivity index (χ3v) is 4.04. The second-order valence-electron chi connectivity index (χ2n) is 5.88. The topological polar surface area (TPSA) is 70.7 Å². The van der Waals surface area contributed by atoms with Gasteiger partial charge in [-0.05, 0) is 36.8 Å². The summed E-state index contributed by atoms with van der Waals surface area (Å²) in [5.74, 6) is 0.938. The van der Waals surface area contributed by atoms with Crippen LogP contribution < -0.4 is 20.3 Å². The van der Waals surface area contributed by atoms with Gasteiger partial charge in [-0.2, -0.15) is 0 Å². The average molecular weight is 339 g/mol. The Morgan fingerprint density at radius 1 is 1.16 bits per heavy atom. The number of fused-ring (bicyclic) bond motifs is 2. The van der Waals surface area contributed by atoms with Gasteiger partial charge in [-0.15, -0.1) is 0 Å². The van der Waals surface area contributed by atoms with Crippen LogP contribution in [0.5, 0.6) is 11.5 Å². The van der Waals surface area contributed by atoms with Crippen molar-refractivity contribution in [2.75, 3.05) is 23.8 Å². The Kier molecular flexibility index (Phi) is 4.88. The van der Waals surface area contributed by atoms with Crippen molar-refractivity contribution < 1.29 is 14.3 Å². The fourth-order valence-corrected chi connectivity index (χ4v) is 2.64. The predicted molar refractivity (Wildman–Crippen MR) is 97.6 cm³/mol. The van der Waals surface area contributed by atoms with Gasteiger partial charge in [0.2, 0.25) is 0 Å². The van der Waals surface area contributed by atoms with E-state index in [4.69, 9.17) is 4.74 Å². The molecular formula is C19H21N3O3. The SMILES string of the molecule is CCCCNC(=O)Nc1ccc2c(c1)N(C)C(=O)c1ccccc1O2. The average Bonchev–Trinajstić information content (AvgIpc) is 2.71. The van der Waals surface area contributed by atoms with Crippen LogP contribution in [0.2, 0.25) is 0 Å². The van der Waals surface area contributed by atoms with Crippen molar-refractivity contribution in [3.8, 4) is 11.5 Å². The molecule has 2 aromatic rings. The minimum Gasteiger partial charge on any atom is -0.454 e. The zero-order valence-corrected chi connectivity index (χ0v) is 14.3. The van der Waals surface area contributed by atoms with E-state index in [2.05, 4.69) is 17.6 Å². The smallest absolute Gasteiger partial charge is 0.319 e. The summed E-state index contributed by atoms with van der Waals surface area (Å²) < 4.78 is 5.89. The van der Waals surface area contributed by atoms with Crippen LogP contribution in [0, 0.1) is 0 Å². The van der Waals surface area contributed by atoms with E-state index >= 15 is 0 Å². The Labute approximate surface area is 146 Å². The highest BCUT2D eigenvalue weighted by atomic mass is 16.5. The van der Waals surface area contributed by atoms with Gasteiger partial charge in [0, 0.05) is 19.3 Å². The monoisotopic (exact) mass is 339 g/mol. The number of carbonyl (C=O) groups excluding carboxylic acids is 2. The van der Waals surface area contributed by atoms with Gasteiger partial charge < -0.3 is 20.3 Å². The van der Waals surface area contributed by atoms with Gasteiger partial charge in [-0.1, -0.05) is 25.5 Å². The lowest BCUT2D eigenvalue weighted by atomic mass is 10.2. The first-order valence-electron chi connectivity index (χ1n) is 8.34. The van der Waals surface area contributed by atoms with Crippen molar-refractivity contribution in [1.82, 2.24) is 5.32 Å². The second-order valence-corrected chi connectivity index (χ2v) is 5.88. The highest BCUT2D eigenvalue weighted by Gasteiger charge is 2.25. The van der Waals surface area contributed by atoms with Crippen LogP contribution in [-0.2, 0) is 0 Å². The molecule has 0 saturated carbocycles. The number of urea groups is 1. The molecule has 1 aliphatic heterocycles. The Balaban J connectivity index is 1.83. The summed E-state index contributed by atoms with van der Waals surface area (Å²) in [7, 11) is 1.69. The number of rotatable bonds is 4. The molecule has 0 fully saturated rings. The predicted octanol–water partition coefficient (Wildman–Crippen LogP) is 3.99. The summed E-state index contributed by atoms with van der Waals surface area (Å²) in [6.45, 7) is 2.70. The van der Waals surface area contributed by atoms with Gasteiger partial charge in [-0.3, -0.25) is 4.79 Å². The standard InChI is InChI=1S/C19H21N3O3/c1-3-4-11-20-19(24)21-13-9-10-17-15(12-13)22(2)18(23)14-7-5-6-8-16(14)25-17/h5-10,12H,3-4,11H2,1-2H3,(H2,20,21,24). The minimum atomic E-state index is -0.264. The molecule has 0 atom stereocenters. The van der Waals surface area contributed by atoms with Crippen LogP contribution in [0.25, 0.3) is 0 Å². The largest absolute Gasteiger partial charge is 0.454 e. The lowest BCUT2D eigenvalue weighted by molar-refractivity contribution is 0.0993. The van der Waals surface area contributed by atoms with Crippen molar-refractivity contribution in [3.63, 3.8) is 0 Å². The van der Waals surface area contributed by atoms with Gasteiger partial charge in [0.05, 0.1) is 11.3 Å². The van der Waals surface area contributed by atoms with E-state index in [0.717, 1.165) is 12.8 Å². The van der Waals surface area contributed by atoms with Crippen LogP contribution >= 0.6 is 0 Å². The fourth-order valence-electron chi connectivity index (χ4n) is 2.64. The molecule has 6 heteroatoms. The minimum absolute atomic E-state index is 0.154. The zero-order chi connectivity index (χ0) is 17.8. The van der Waals surface area contributed by atoms with E-state index in [0.29, 0.717) is 35.0 Å². The van der Waals surface area contributed by atoms with Gasteiger partial charge in [0.1, 0.15) is 5.75 Å². The first-order chi connectivity index (χ1) is 12.1. The molecule has 1 aliphatic rings. The summed E-state index contributed by atoms with van der Waals surface area (Å²) in [5, 5.41) is 5.58. The molecule has 3 rings (SSSR count). The number of para-hydroxylation sites is 1. The molecule has 6 nitrogen and oxygen atoms in total. The first-order valence-corrected chi connectivity index (χ1v) is 8.34. The highest BCUT2D eigenvalue weighted by molar-refractivity contribution is 6.09. The molecule has 130 valence electrons. The molecular weight excluding hydrogens is 318 g/mol. The number of benzene rings is 2. The number of ether oxygens (including phenoxy) is 1. The third kappa shape index (κ3) is 3.57. The number of hydrogen-bond acceptors (Lipinski definition) is 3. The number of anilines is 2. The number of amides is 3. The fraction of sp³-hybridized carbons (Fsp3) is 0.263. The molecule has 0 unspecified atom stereocenters. The lowest BCUT2D eigenvalue weighted by Crippen LogP contribution is -2.29. The highest BCUT2D eigenvalue weighted by Crippen LogP contribution is 2.39. The van der Waals surface area contributed by atoms with Crippen molar-refractivity contribution in [3.05, 3.63) is 48.0 Å². The van der Waals surface area contributed by atoms with E-state index in [1.165, 1.54) is 4.90 Å². The van der Waals surface area contributed by atoms with Gasteiger partial charge in [0.15, 0.2) is 5.75 Å². The van der Waals surface area contributed by atoms with Crippen LogP contribution in [-0.4, -0.2) is 25.5 Å². The molecule has 0 spiro atoms. The van der Waals surface area contributed by atoms with E-state index in [9.17, 15) is 9.59 Å². The molecule has 1 heterocycles. The van der Waals surface area contributed by atoms with Gasteiger partial charge in [-0.25, -0.2) is 4.79 Å². The van der Waals surface area contributed by atoms with Gasteiger partial charge in [0.25, 0.3) is 5.91 Å². The maximum atomic E-state index is 12.7. The van der Waals surface area contributed by atoms with Gasteiger partial charge >= 0.3 is 6.03 Å². The van der Waals surface area contributed by atoms with Crippen LogP contribution in [0.15, 0.2) is 42.5 Å². The van der Waals surface area contributed by atoms with Crippen LogP contribution in [0.4, 0.5) is 16.2 Å². The normalized spacial score (nSPS) is 12.6. The van der Waals surface area contributed by atoms with Crippen molar-refractivity contribution in [2.45, 2.75) is 19.8 Å². The number of nitrogens with zero attached hydrogens (tertiary/aromatic N) is 1. The summed E-state index contributed by atoms with van der Waals surface area (Å²) >= 11 is 0. The molecule has 0 radical (unpaired) electrons. The van der Waals surface area contributed by atoms with Crippen LogP contribution in [0.3, 0.4) is 0 Å². The second kappa shape index (κ2) is 7.25. The number of carbonyl (C=O) groups is 2. The van der Waals surface area contributed by atoms with Crippen molar-refractivity contribution >= 4 is 23.3 Å². The maximum absolute atomic E-state index is 12.7. The van der Waals surface area contributed by atoms with E-state index in [1.807, 2.05) is 6.07 Å². The lowest BCUT2D eigenvalue weighted by Gasteiger charge is -2.17. The summed E-state index contributed by atoms with van der Waals surface area (Å²) in [6.07, 6.45) is 1.95. The Hall–Kier alpha value is -3.02. The third-order valence-electron chi connectivity index (χ3n) is 4.04. The zero-order valence-electron chi connectivity index (χ0n) is 14.3. The van der Waals surface area contributed by atoms with E-state index in [1.54, 1.807) is 43.4 Å². The summed E-state index contributed by atoms with van der Waals surface area (Å²) in [4.78, 5) is 26.1. The Morgan fingerprint density at radius 3 is 2.76 bits per heavy atom. The molecule has 25 heavy (non-hydrogen) atoms. The maximum Gasteiger partial charge on any atom is 0.319 e. The van der Waals surface area contributed by atoms with Crippen molar-refractivity contribution in [1.29, 1.82) is 0 Å². The molecule has 0 saturated heterocycles. The first kappa shape index (κ1) is 16.8. The Bertz CT molecular complexity index is 804.